The van der Waals surface area contributed by atoms with E-state index in [0.717, 1.165) is 24.0 Å². The summed E-state index contributed by atoms with van der Waals surface area (Å²) in [6.45, 7) is 1.98. The van der Waals surface area contributed by atoms with Gasteiger partial charge in [-0.3, -0.25) is 0 Å². The maximum Gasteiger partial charge on any atom is 0.245 e. The number of benzene rings is 2. The topological polar surface area (TPSA) is 37.4 Å². The Kier molecular flexibility index (Phi) is 4.82. The van der Waals surface area contributed by atoms with E-state index in [1.165, 1.54) is 9.87 Å². The molecule has 0 aromatic heterocycles. The highest BCUT2D eigenvalue weighted by molar-refractivity contribution is 9.10. The van der Waals surface area contributed by atoms with Gasteiger partial charge < -0.3 is 0 Å². The van der Waals surface area contributed by atoms with Crippen molar-refractivity contribution in [3.05, 3.63) is 63.6 Å². The number of fused-ring (bicyclic) bond motifs is 1. The predicted octanol–water partition coefficient (Wildman–Crippen LogP) is 4.07. The van der Waals surface area contributed by atoms with Crippen LogP contribution in [0.3, 0.4) is 0 Å². The van der Waals surface area contributed by atoms with Crippen LogP contribution in [0.2, 0.25) is 0 Å². The lowest BCUT2D eigenvalue weighted by Gasteiger charge is -2.27. The molecule has 0 aliphatic heterocycles. The van der Waals surface area contributed by atoms with Crippen LogP contribution in [0.4, 0.5) is 0 Å². The number of halogens is 1. The molecule has 5 heteroatoms. The normalized spacial score (nSPS) is 16.8. The molecule has 1 aliphatic rings. The first-order chi connectivity index (χ1) is 11.4. The largest absolute Gasteiger partial charge is 0.245 e. The summed E-state index contributed by atoms with van der Waals surface area (Å²) in [7, 11) is -3.69. The summed E-state index contributed by atoms with van der Waals surface area (Å²) in [4.78, 5) is 0.257. The third-order valence-electron chi connectivity index (χ3n) is 4.37. The molecule has 2 aromatic rings. The van der Waals surface area contributed by atoms with Crippen LogP contribution in [0.5, 0.6) is 0 Å². The van der Waals surface area contributed by atoms with Crippen molar-refractivity contribution in [2.45, 2.75) is 30.7 Å². The zero-order valence-electron chi connectivity index (χ0n) is 13.4. The monoisotopic (exact) mass is 403 g/mol. The van der Waals surface area contributed by atoms with E-state index in [9.17, 15) is 8.42 Å². The molecule has 1 aliphatic carbocycles. The highest BCUT2D eigenvalue weighted by Crippen LogP contribution is 2.39. The maximum atomic E-state index is 13.3. The Morgan fingerprint density at radius 1 is 1.29 bits per heavy atom. The maximum absolute atomic E-state index is 13.3. The van der Waals surface area contributed by atoms with Crippen molar-refractivity contribution >= 4 is 26.0 Å². The first kappa shape index (κ1) is 17.2. The van der Waals surface area contributed by atoms with E-state index >= 15 is 0 Å². The van der Waals surface area contributed by atoms with Gasteiger partial charge in [0.1, 0.15) is 0 Å². The minimum Gasteiger partial charge on any atom is -0.207 e. The second-order valence-electron chi connectivity index (χ2n) is 5.94. The third kappa shape index (κ3) is 3.02. The highest BCUT2D eigenvalue weighted by Gasteiger charge is 2.36. The molecule has 24 heavy (non-hydrogen) atoms. The number of aryl methyl sites for hydroxylation is 2. The van der Waals surface area contributed by atoms with Crippen molar-refractivity contribution in [2.24, 2.45) is 0 Å². The summed E-state index contributed by atoms with van der Waals surface area (Å²) in [5, 5.41) is 0. The standard InChI is InChI=1S/C19H18BrNO2S/c1-3-12-21(18-10-9-15-6-4-5-7-16(15)18)24(22,23)19-11-8-14(2)13-17(19)20/h1,4-8,11,13,18H,9-10,12H2,2H3/t18-/m1/s1. The molecular weight excluding hydrogens is 386 g/mol. The Labute approximate surface area is 151 Å². The van der Waals surface area contributed by atoms with Gasteiger partial charge in [-0.25, -0.2) is 8.42 Å². The van der Waals surface area contributed by atoms with Crippen LogP contribution in [0.1, 0.15) is 29.2 Å². The molecule has 0 fully saturated rings. The van der Waals surface area contributed by atoms with Crippen molar-refractivity contribution in [1.82, 2.24) is 4.31 Å². The molecule has 3 rings (SSSR count). The quantitative estimate of drug-likeness (QED) is 0.721. The fourth-order valence-corrected chi connectivity index (χ4v) is 5.93. The molecule has 0 amide bonds. The molecule has 0 saturated carbocycles. The van der Waals surface area contributed by atoms with E-state index in [1.54, 1.807) is 12.1 Å². The number of hydrogen-bond acceptors (Lipinski definition) is 2. The van der Waals surface area contributed by atoms with Gasteiger partial charge in [-0.1, -0.05) is 36.3 Å². The van der Waals surface area contributed by atoms with Crippen LogP contribution < -0.4 is 0 Å². The number of nitrogens with zero attached hydrogens (tertiary/aromatic N) is 1. The molecule has 3 nitrogen and oxygen atoms in total. The molecule has 0 unspecified atom stereocenters. The lowest BCUT2D eigenvalue weighted by atomic mass is 10.1. The zero-order chi connectivity index (χ0) is 17.3. The zero-order valence-corrected chi connectivity index (χ0v) is 15.8. The summed E-state index contributed by atoms with van der Waals surface area (Å²) in [6.07, 6.45) is 7.11. The van der Waals surface area contributed by atoms with Crippen LogP contribution in [0, 0.1) is 19.3 Å². The molecule has 124 valence electrons. The average Bonchev–Trinajstić information content (AvgIpc) is 2.95. The number of sulfonamides is 1. The molecule has 0 N–H and O–H groups in total. The average molecular weight is 404 g/mol. The minimum absolute atomic E-state index is 0.0572. The van der Waals surface area contributed by atoms with Crippen molar-refractivity contribution in [2.75, 3.05) is 6.54 Å². The first-order valence-corrected chi connectivity index (χ1v) is 9.97. The van der Waals surface area contributed by atoms with Crippen LogP contribution in [-0.4, -0.2) is 19.3 Å². The molecule has 0 heterocycles. The summed E-state index contributed by atoms with van der Waals surface area (Å²) < 4.78 is 28.5. The fraction of sp³-hybridized carbons (Fsp3) is 0.263. The molecule has 0 radical (unpaired) electrons. The van der Waals surface area contributed by atoms with Gasteiger partial charge in [0, 0.05) is 4.47 Å². The van der Waals surface area contributed by atoms with Gasteiger partial charge >= 0.3 is 0 Å². The first-order valence-electron chi connectivity index (χ1n) is 7.74. The summed E-state index contributed by atoms with van der Waals surface area (Å²) in [6, 6.07) is 13.0. The second-order valence-corrected chi connectivity index (χ2v) is 8.65. The van der Waals surface area contributed by atoms with Crippen LogP contribution in [0.15, 0.2) is 51.8 Å². The van der Waals surface area contributed by atoms with Crippen LogP contribution in [0.25, 0.3) is 0 Å². The third-order valence-corrected chi connectivity index (χ3v) is 7.20. The SMILES string of the molecule is C#CCN([C@@H]1CCc2ccccc21)S(=O)(=O)c1ccc(C)cc1Br. The van der Waals surface area contributed by atoms with Gasteiger partial charge in [0.25, 0.3) is 0 Å². The van der Waals surface area contributed by atoms with Gasteiger partial charge in [-0.05, 0) is 64.5 Å². The Balaban J connectivity index is 2.07. The van der Waals surface area contributed by atoms with Crippen molar-refractivity contribution in [3.8, 4) is 12.3 Å². The van der Waals surface area contributed by atoms with Crippen LogP contribution >= 0.6 is 15.9 Å². The molecular formula is C19H18BrNO2S. The Hall–Kier alpha value is -1.61. The van der Waals surface area contributed by atoms with E-state index < -0.39 is 10.0 Å². The molecule has 0 saturated heterocycles. The number of hydrogen-bond donors (Lipinski definition) is 0. The van der Waals surface area contributed by atoms with Crippen molar-refractivity contribution in [3.63, 3.8) is 0 Å². The molecule has 2 aromatic carbocycles. The van der Waals surface area contributed by atoms with Crippen LogP contribution in [-0.2, 0) is 16.4 Å². The molecule has 1 atom stereocenters. The van der Waals surface area contributed by atoms with Gasteiger partial charge in [-0.2, -0.15) is 4.31 Å². The minimum atomic E-state index is -3.69. The molecule has 0 spiro atoms. The Bertz CT molecular complexity index is 915. The van der Waals surface area contributed by atoms with E-state index in [2.05, 4.69) is 27.9 Å². The van der Waals surface area contributed by atoms with Crippen molar-refractivity contribution < 1.29 is 8.42 Å². The molecule has 0 bridgehead atoms. The fourth-order valence-electron chi connectivity index (χ4n) is 3.23. The highest BCUT2D eigenvalue weighted by atomic mass is 79.9. The lowest BCUT2D eigenvalue weighted by Crippen LogP contribution is -2.34. The summed E-state index contributed by atoms with van der Waals surface area (Å²) in [5.41, 5.74) is 3.25. The van der Waals surface area contributed by atoms with E-state index in [1.807, 2.05) is 31.2 Å². The van der Waals surface area contributed by atoms with Gasteiger partial charge in [0.05, 0.1) is 17.5 Å². The van der Waals surface area contributed by atoms with E-state index in [-0.39, 0.29) is 17.5 Å². The number of rotatable bonds is 4. The summed E-state index contributed by atoms with van der Waals surface area (Å²) in [5.74, 6) is 2.51. The Morgan fingerprint density at radius 3 is 2.75 bits per heavy atom. The smallest absolute Gasteiger partial charge is 0.207 e. The second kappa shape index (κ2) is 6.72. The number of terminal acetylenes is 1. The van der Waals surface area contributed by atoms with Gasteiger partial charge in [-0.15, -0.1) is 6.42 Å². The Morgan fingerprint density at radius 2 is 2.04 bits per heavy atom. The van der Waals surface area contributed by atoms with Crippen molar-refractivity contribution in [1.29, 1.82) is 0 Å². The van der Waals surface area contributed by atoms with Gasteiger partial charge in [0.15, 0.2) is 0 Å². The summed E-state index contributed by atoms with van der Waals surface area (Å²) >= 11 is 3.39. The predicted molar refractivity (Wildman–Crippen MR) is 99.1 cm³/mol. The lowest BCUT2D eigenvalue weighted by molar-refractivity contribution is 0.352. The van der Waals surface area contributed by atoms with E-state index in [0.29, 0.717) is 4.47 Å². The van der Waals surface area contributed by atoms with Gasteiger partial charge in [0.2, 0.25) is 10.0 Å². The van der Waals surface area contributed by atoms with E-state index in [4.69, 9.17) is 6.42 Å².